The zero-order valence-corrected chi connectivity index (χ0v) is 9.90. The number of ketones is 1. The molecule has 1 atom stereocenters. The van der Waals surface area contributed by atoms with Crippen LogP contribution >= 0.6 is 11.3 Å². The molecule has 1 fully saturated rings. The van der Waals surface area contributed by atoms with Crippen LogP contribution in [0.4, 0.5) is 0 Å². The van der Waals surface area contributed by atoms with Crippen LogP contribution in [0.2, 0.25) is 0 Å². The minimum atomic E-state index is -0.112. The summed E-state index contributed by atoms with van der Waals surface area (Å²) in [6, 6.07) is 3.91. The van der Waals surface area contributed by atoms with E-state index in [1.807, 2.05) is 17.5 Å². The topological polar surface area (TPSA) is 29.1 Å². The number of hydrogen-bond donors (Lipinski definition) is 1. The van der Waals surface area contributed by atoms with E-state index < -0.39 is 0 Å². The van der Waals surface area contributed by atoms with Gasteiger partial charge in [-0.3, -0.25) is 4.79 Å². The minimum Gasteiger partial charge on any atom is -0.316 e. The van der Waals surface area contributed by atoms with Crippen molar-refractivity contribution >= 4 is 17.1 Å². The number of carbonyl (C=O) groups excluding carboxylic acids is 1. The van der Waals surface area contributed by atoms with E-state index in [-0.39, 0.29) is 5.41 Å². The van der Waals surface area contributed by atoms with Gasteiger partial charge in [0.05, 0.1) is 4.88 Å². The first-order chi connectivity index (χ1) is 7.28. The normalized spacial score (nSPS) is 25.7. The van der Waals surface area contributed by atoms with Gasteiger partial charge in [0.2, 0.25) is 0 Å². The molecule has 0 unspecified atom stereocenters. The van der Waals surface area contributed by atoms with Gasteiger partial charge >= 0.3 is 0 Å². The Balaban J connectivity index is 2.21. The Morgan fingerprint density at radius 3 is 3.07 bits per heavy atom. The van der Waals surface area contributed by atoms with Gasteiger partial charge in [-0.05, 0) is 30.8 Å². The molecule has 0 aromatic carbocycles. The molecule has 15 heavy (non-hydrogen) atoms. The van der Waals surface area contributed by atoms with Crippen molar-refractivity contribution < 1.29 is 4.79 Å². The third kappa shape index (κ3) is 1.99. The molecule has 2 nitrogen and oxygen atoms in total. The Morgan fingerprint density at radius 2 is 2.53 bits per heavy atom. The minimum absolute atomic E-state index is 0.112. The molecule has 0 aliphatic carbocycles. The molecule has 1 aromatic rings. The smallest absolute Gasteiger partial charge is 0.180 e. The molecule has 2 heterocycles. The van der Waals surface area contributed by atoms with Crippen molar-refractivity contribution in [2.24, 2.45) is 5.41 Å². The fourth-order valence-electron chi connectivity index (χ4n) is 2.41. The summed E-state index contributed by atoms with van der Waals surface area (Å²) < 4.78 is 0. The van der Waals surface area contributed by atoms with E-state index in [0.717, 1.165) is 37.2 Å². The summed E-state index contributed by atoms with van der Waals surface area (Å²) in [5, 5.41) is 5.31. The Labute approximate surface area is 94.7 Å². The molecule has 1 saturated heterocycles. The van der Waals surface area contributed by atoms with Crippen LogP contribution in [0.5, 0.6) is 0 Å². The maximum absolute atomic E-state index is 12.4. The van der Waals surface area contributed by atoms with E-state index in [1.54, 1.807) is 11.3 Å². The van der Waals surface area contributed by atoms with Gasteiger partial charge < -0.3 is 5.32 Å². The highest BCUT2D eigenvalue weighted by Gasteiger charge is 2.40. The quantitative estimate of drug-likeness (QED) is 0.795. The van der Waals surface area contributed by atoms with Gasteiger partial charge in [-0.1, -0.05) is 19.4 Å². The lowest BCUT2D eigenvalue weighted by atomic mass is 9.78. The molecule has 2 rings (SSSR count). The zero-order valence-electron chi connectivity index (χ0n) is 9.08. The van der Waals surface area contributed by atoms with Gasteiger partial charge in [0.15, 0.2) is 5.78 Å². The van der Waals surface area contributed by atoms with Crippen molar-refractivity contribution in [3.8, 4) is 0 Å². The first-order valence-corrected chi connectivity index (χ1v) is 6.45. The molecule has 1 aromatic heterocycles. The first-order valence-electron chi connectivity index (χ1n) is 5.57. The van der Waals surface area contributed by atoms with Gasteiger partial charge in [0, 0.05) is 12.0 Å². The van der Waals surface area contributed by atoms with Gasteiger partial charge in [-0.2, -0.15) is 0 Å². The second-order valence-electron chi connectivity index (χ2n) is 4.26. The second-order valence-corrected chi connectivity index (χ2v) is 5.21. The van der Waals surface area contributed by atoms with Crippen molar-refractivity contribution in [1.82, 2.24) is 5.32 Å². The molecule has 0 amide bonds. The first kappa shape index (κ1) is 10.8. The summed E-state index contributed by atoms with van der Waals surface area (Å²) in [6.45, 7) is 4.00. The molecule has 82 valence electrons. The van der Waals surface area contributed by atoms with E-state index in [2.05, 4.69) is 12.2 Å². The third-order valence-corrected chi connectivity index (χ3v) is 4.07. The lowest BCUT2D eigenvalue weighted by molar-refractivity contribution is 0.0806. The van der Waals surface area contributed by atoms with Crippen LogP contribution in [0.15, 0.2) is 17.5 Å². The Morgan fingerprint density at radius 1 is 1.67 bits per heavy atom. The number of nitrogens with one attached hydrogen (secondary N) is 1. The van der Waals surface area contributed by atoms with Crippen molar-refractivity contribution in [2.45, 2.75) is 26.2 Å². The largest absolute Gasteiger partial charge is 0.316 e. The van der Waals surface area contributed by atoms with Crippen molar-refractivity contribution in [3.05, 3.63) is 22.4 Å². The Kier molecular flexibility index (Phi) is 3.22. The highest BCUT2D eigenvalue weighted by atomic mass is 32.1. The zero-order chi connectivity index (χ0) is 10.7. The SMILES string of the molecule is CCC[C@]1(C(=O)c2cccs2)CCNC1. The fourth-order valence-corrected chi connectivity index (χ4v) is 3.20. The monoisotopic (exact) mass is 223 g/mol. The molecule has 0 saturated carbocycles. The predicted octanol–water partition coefficient (Wildman–Crippen LogP) is 2.71. The van der Waals surface area contributed by atoms with Gasteiger partial charge in [0.1, 0.15) is 0 Å². The molecular formula is C12H17NOS. The molecule has 3 heteroatoms. The average molecular weight is 223 g/mol. The fraction of sp³-hybridized carbons (Fsp3) is 0.583. The standard InChI is InChI=1S/C12H17NOS/c1-2-5-12(6-7-13-9-12)11(14)10-4-3-8-15-10/h3-4,8,13H,2,5-7,9H2,1H3/t12-/m0/s1. The van der Waals surface area contributed by atoms with E-state index in [4.69, 9.17) is 0 Å². The van der Waals surface area contributed by atoms with E-state index in [1.165, 1.54) is 0 Å². The Hall–Kier alpha value is -0.670. The summed E-state index contributed by atoms with van der Waals surface area (Å²) in [4.78, 5) is 13.3. The lowest BCUT2D eigenvalue weighted by Crippen LogP contribution is -2.33. The summed E-state index contributed by atoms with van der Waals surface area (Å²) in [5.41, 5.74) is -0.112. The van der Waals surface area contributed by atoms with Crippen LogP contribution in [0.3, 0.4) is 0 Å². The summed E-state index contributed by atoms with van der Waals surface area (Å²) in [7, 11) is 0. The van der Waals surface area contributed by atoms with Crippen molar-refractivity contribution in [1.29, 1.82) is 0 Å². The second kappa shape index (κ2) is 4.45. The molecule has 1 aliphatic heterocycles. The summed E-state index contributed by atoms with van der Waals surface area (Å²) in [5.74, 6) is 0.351. The van der Waals surface area contributed by atoms with Crippen LogP contribution in [0.25, 0.3) is 0 Å². The molecule has 1 aliphatic rings. The van der Waals surface area contributed by atoms with Gasteiger partial charge in [0.25, 0.3) is 0 Å². The van der Waals surface area contributed by atoms with Crippen LogP contribution in [-0.2, 0) is 0 Å². The van der Waals surface area contributed by atoms with Crippen LogP contribution in [0.1, 0.15) is 35.9 Å². The van der Waals surface area contributed by atoms with E-state index >= 15 is 0 Å². The van der Waals surface area contributed by atoms with Gasteiger partial charge in [-0.25, -0.2) is 0 Å². The third-order valence-electron chi connectivity index (χ3n) is 3.20. The number of thiophene rings is 1. The van der Waals surface area contributed by atoms with Crippen molar-refractivity contribution in [2.75, 3.05) is 13.1 Å². The number of hydrogen-bond acceptors (Lipinski definition) is 3. The highest BCUT2D eigenvalue weighted by Crippen LogP contribution is 2.35. The highest BCUT2D eigenvalue weighted by molar-refractivity contribution is 7.12. The maximum Gasteiger partial charge on any atom is 0.180 e. The van der Waals surface area contributed by atoms with E-state index in [0.29, 0.717) is 5.78 Å². The molecule has 0 radical (unpaired) electrons. The molecule has 0 bridgehead atoms. The molecular weight excluding hydrogens is 206 g/mol. The van der Waals surface area contributed by atoms with Crippen molar-refractivity contribution in [3.63, 3.8) is 0 Å². The average Bonchev–Trinajstić information content (AvgIpc) is 2.88. The molecule has 1 N–H and O–H groups in total. The number of Topliss-reactive ketones (excluding diaryl/α,β-unsaturated/α-hetero) is 1. The maximum atomic E-state index is 12.4. The van der Waals surface area contributed by atoms with Crippen LogP contribution in [0, 0.1) is 5.41 Å². The van der Waals surface area contributed by atoms with E-state index in [9.17, 15) is 4.79 Å². The van der Waals surface area contributed by atoms with Crippen LogP contribution in [-0.4, -0.2) is 18.9 Å². The number of carbonyl (C=O) groups is 1. The summed E-state index contributed by atoms with van der Waals surface area (Å²) in [6.07, 6.45) is 3.09. The number of rotatable bonds is 4. The Bertz CT molecular complexity index is 325. The lowest BCUT2D eigenvalue weighted by Gasteiger charge is -2.25. The summed E-state index contributed by atoms with van der Waals surface area (Å²) >= 11 is 1.56. The van der Waals surface area contributed by atoms with Gasteiger partial charge in [-0.15, -0.1) is 11.3 Å². The predicted molar refractivity (Wildman–Crippen MR) is 63.5 cm³/mol. The molecule has 0 spiro atoms. The van der Waals surface area contributed by atoms with Crippen LogP contribution < -0.4 is 5.32 Å².